The van der Waals surface area contributed by atoms with E-state index in [0.717, 1.165) is 11.1 Å². The Morgan fingerprint density at radius 3 is 2.00 bits per heavy atom. The molecule has 0 aliphatic heterocycles. The zero-order chi connectivity index (χ0) is 18.1. The molecule has 0 atom stereocenters. The Morgan fingerprint density at radius 1 is 1.04 bits per heavy atom. The molecule has 25 heavy (non-hydrogen) atoms. The van der Waals surface area contributed by atoms with Gasteiger partial charge in [0.1, 0.15) is 5.84 Å². The molecule has 4 nitrogen and oxygen atoms in total. The molecule has 0 amide bonds. The van der Waals surface area contributed by atoms with Crippen LogP contribution in [0.25, 0.3) is 0 Å². The van der Waals surface area contributed by atoms with Crippen molar-refractivity contribution in [3.8, 4) is 0 Å². The predicted molar refractivity (Wildman–Crippen MR) is 106 cm³/mol. The van der Waals surface area contributed by atoms with Crippen LogP contribution in [0, 0.1) is 0 Å². The molecule has 0 saturated heterocycles. The summed E-state index contributed by atoms with van der Waals surface area (Å²) in [5, 5.41) is 6.41. The lowest BCUT2D eigenvalue weighted by molar-refractivity contribution is 0.703. The van der Waals surface area contributed by atoms with Gasteiger partial charge in [0.15, 0.2) is 0 Å². The van der Waals surface area contributed by atoms with Crippen molar-refractivity contribution in [2.75, 3.05) is 7.05 Å². The molecule has 0 heterocycles. The Bertz CT molecular complexity index is 721. The smallest absolute Gasteiger partial charge is 0.128 e. The van der Waals surface area contributed by atoms with Gasteiger partial charge in [0, 0.05) is 18.9 Å². The molecule has 4 N–H and O–H groups in total. The van der Waals surface area contributed by atoms with Gasteiger partial charge in [-0.1, -0.05) is 73.8 Å². The molecule has 2 aromatic rings. The van der Waals surface area contributed by atoms with Gasteiger partial charge in [0.2, 0.25) is 0 Å². The van der Waals surface area contributed by atoms with E-state index in [0.29, 0.717) is 17.1 Å². The lowest BCUT2D eigenvalue weighted by Gasteiger charge is -2.23. The fraction of sp³-hybridized carbons (Fsp3) is 0.0952. The van der Waals surface area contributed by atoms with Gasteiger partial charge in [0.25, 0.3) is 0 Å². The normalized spacial score (nSPS) is 11.9. The van der Waals surface area contributed by atoms with Crippen LogP contribution in [0.1, 0.15) is 17.2 Å². The zero-order valence-electron chi connectivity index (χ0n) is 14.4. The molecular formula is C21H24N4. The third kappa shape index (κ3) is 4.85. The number of nitrogens with zero attached hydrogens (tertiary/aromatic N) is 1. The molecule has 128 valence electrons. The van der Waals surface area contributed by atoms with Crippen molar-refractivity contribution in [1.82, 2.24) is 10.6 Å². The van der Waals surface area contributed by atoms with Gasteiger partial charge >= 0.3 is 0 Å². The summed E-state index contributed by atoms with van der Waals surface area (Å²) in [6.45, 7) is 7.80. The third-order valence-electron chi connectivity index (χ3n) is 3.77. The second-order valence-corrected chi connectivity index (χ2v) is 5.41. The van der Waals surface area contributed by atoms with E-state index in [1.54, 1.807) is 19.4 Å². The molecule has 0 bridgehead atoms. The second-order valence-electron chi connectivity index (χ2n) is 5.41. The van der Waals surface area contributed by atoms with Crippen molar-refractivity contribution >= 4 is 5.84 Å². The maximum absolute atomic E-state index is 6.02. The fourth-order valence-corrected chi connectivity index (χ4v) is 2.48. The van der Waals surface area contributed by atoms with E-state index in [2.05, 4.69) is 53.0 Å². The highest BCUT2D eigenvalue weighted by molar-refractivity contribution is 6.00. The van der Waals surface area contributed by atoms with Crippen LogP contribution in [0.5, 0.6) is 0 Å². The van der Waals surface area contributed by atoms with E-state index >= 15 is 0 Å². The summed E-state index contributed by atoms with van der Waals surface area (Å²) in [5.74, 6) is 0.395. The number of nitrogens with one attached hydrogen (secondary N) is 2. The van der Waals surface area contributed by atoms with E-state index in [4.69, 9.17) is 5.73 Å². The summed E-state index contributed by atoms with van der Waals surface area (Å²) in [6.07, 6.45) is 3.31. The summed E-state index contributed by atoms with van der Waals surface area (Å²) in [6, 6.07) is 20.4. The van der Waals surface area contributed by atoms with Crippen molar-refractivity contribution in [1.29, 1.82) is 0 Å². The van der Waals surface area contributed by atoms with Crippen molar-refractivity contribution in [2.45, 2.75) is 6.04 Å². The van der Waals surface area contributed by atoms with Crippen LogP contribution in [-0.4, -0.2) is 12.9 Å². The molecule has 2 rings (SSSR count). The minimum absolute atomic E-state index is 0.0494. The van der Waals surface area contributed by atoms with Crippen LogP contribution in [0.15, 0.2) is 102 Å². The Balaban J connectivity index is 2.36. The lowest BCUT2D eigenvalue weighted by atomic mass is 9.98. The van der Waals surface area contributed by atoms with E-state index in [1.165, 1.54) is 0 Å². The number of hydrogen-bond acceptors (Lipinski definition) is 3. The topological polar surface area (TPSA) is 62.4 Å². The highest BCUT2D eigenvalue weighted by atomic mass is 15.0. The van der Waals surface area contributed by atoms with Gasteiger partial charge in [-0.15, -0.1) is 0 Å². The maximum atomic E-state index is 6.02. The SMILES string of the molecule is C=CN/C=C(/C(=C)NC(c1ccccc1)c1ccccc1)C(N)=NC. The molecule has 4 heteroatoms. The highest BCUT2D eigenvalue weighted by Gasteiger charge is 2.17. The van der Waals surface area contributed by atoms with Crippen LogP contribution >= 0.6 is 0 Å². The molecule has 0 aliphatic carbocycles. The monoisotopic (exact) mass is 332 g/mol. The standard InChI is InChI=1S/C21H24N4/c1-4-24-15-19(21(22)23-3)16(2)25-20(17-11-7-5-8-12-17)18-13-9-6-10-14-18/h4-15,20,24-25H,1-2H2,3H3,(H2,22,23)/b19-15-. The Labute approximate surface area is 149 Å². The predicted octanol–water partition coefficient (Wildman–Crippen LogP) is 3.48. The van der Waals surface area contributed by atoms with Crippen LogP contribution in [0.3, 0.4) is 0 Å². The molecule has 0 unspecified atom stereocenters. The number of hydrogen-bond donors (Lipinski definition) is 3. The lowest BCUT2D eigenvalue weighted by Crippen LogP contribution is -2.28. The average molecular weight is 332 g/mol. The first-order valence-electron chi connectivity index (χ1n) is 8.02. The first-order valence-corrected chi connectivity index (χ1v) is 8.02. The molecule has 0 spiro atoms. The summed E-state index contributed by atoms with van der Waals surface area (Å²) in [5.41, 5.74) is 9.66. The van der Waals surface area contributed by atoms with Gasteiger partial charge in [-0.2, -0.15) is 0 Å². The number of aliphatic imine (C=N–C) groups is 1. The van der Waals surface area contributed by atoms with Gasteiger partial charge in [-0.25, -0.2) is 0 Å². The van der Waals surface area contributed by atoms with E-state index < -0.39 is 0 Å². The van der Waals surface area contributed by atoms with Crippen LogP contribution in [0.2, 0.25) is 0 Å². The van der Waals surface area contributed by atoms with Crippen LogP contribution in [-0.2, 0) is 0 Å². The first-order chi connectivity index (χ1) is 12.2. The molecule has 0 fully saturated rings. The minimum atomic E-state index is -0.0494. The van der Waals surface area contributed by atoms with Crippen molar-refractivity contribution in [3.63, 3.8) is 0 Å². The highest BCUT2D eigenvalue weighted by Crippen LogP contribution is 2.24. The molecular weight excluding hydrogens is 308 g/mol. The largest absolute Gasteiger partial charge is 0.383 e. The van der Waals surface area contributed by atoms with Crippen LogP contribution in [0.4, 0.5) is 0 Å². The number of amidine groups is 1. The van der Waals surface area contributed by atoms with E-state index in [-0.39, 0.29) is 6.04 Å². The Morgan fingerprint density at radius 2 is 1.56 bits per heavy atom. The first kappa shape index (κ1) is 18.1. The Hall–Kier alpha value is -3.27. The molecule has 0 radical (unpaired) electrons. The summed E-state index contributed by atoms with van der Waals surface area (Å²) in [4.78, 5) is 4.07. The number of nitrogens with two attached hydrogens (primary N) is 1. The average Bonchev–Trinajstić information content (AvgIpc) is 2.67. The zero-order valence-corrected chi connectivity index (χ0v) is 14.4. The van der Waals surface area contributed by atoms with E-state index in [1.807, 2.05) is 36.4 Å². The van der Waals surface area contributed by atoms with Crippen molar-refractivity contribution in [3.05, 3.63) is 109 Å². The molecule has 2 aromatic carbocycles. The van der Waals surface area contributed by atoms with Crippen molar-refractivity contribution < 1.29 is 0 Å². The molecule has 0 aliphatic rings. The quantitative estimate of drug-likeness (QED) is 0.394. The molecule has 0 aromatic heterocycles. The third-order valence-corrected chi connectivity index (χ3v) is 3.77. The summed E-state index contributed by atoms with van der Waals surface area (Å²) < 4.78 is 0. The Kier molecular flexibility index (Phi) is 6.60. The van der Waals surface area contributed by atoms with Gasteiger partial charge in [-0.3, -0.25) is 4.99 Å². The van der Waals surface area contributed by atoms with Crippen LogP contribution < -0.4 is 16.4 Å². The fourth-order valence-electron chi connectivity index (χ4n) is 2.48. The van der Waals surface area contributed by atoms with E-state index in [9.17, 15) is 0 Å². The van der Waals surface area contributed by atoms with Gasteiger partial charge in [-0.05, 0) is 17.3 Å². The second kappa shape index (κ2) is 9.13. The van der Waals surface area contributed by atoms with Crippen molar-refractivity contribution in [2.24, 2.45) is 10.7 Å². The van der Waals surface area contributed by atoms with Gasteiger partial charge < -0.3 is 16.4 Å². The number of benzene rings is 2. The molecule has 0 saturated carbocycles. The summed E-state index contributed by atoms with van der Waals surface area (Å²) in [7, 11) is 1.65. The van der Waals surface area contributed by atoms with Gasteiger partial charge in [0.05, 0.1) is 11.6 Å². The maximum Gasteiger partial charge on any atom is 0.128 e. The minimum Gasteiger partial charge on any atom is -0.383 e. The number of rotatable bonds is 8. The summed E-state index contributed by atoms with van der Waals surface area (Å²) >= 11 is 0.